The van der Waals surface area contributed by atoms with Gasteiger partial charge in [0.15, 0.2) is 0 Å². The first-order valence-electron chi connectivity index (χ1n) is 4.93. The lowest BCUT2D eigenvalue weighted by atomic mass is 10.0. The minimum atomic E-state index is -7.29. The molecule has 0 atom stereocenters. The van der Waals surface area contributed by atoms with Gasteiger partial charge in [-0.1, -0.05) is 0 Å². The highest BCUT2D eigenvalue weighted by Gasteiger charge is 2.81. The van der Waals surface area contributed by atoms with E-state index in [2.05, 4.69) is 4.74 Å². The van der Waals surface area contributed by atoms with E-state index in [9.17, 15) is 61.5 Å². The van der Waals surface area contributed by atoms with E-state index < -0.39 is 49.3 Å². The van der Waals surface area contributed by atoms with Gasteiger partial charge < -0.3 is 4.74 Å². The number of alkyl halides is 14. The molecule has 0 radical (unpaired) electrons. The molecule has 0 unspecified atom stereocenters. The maximum Gasteiger partial charge on any atom is 0.460 e. The van der Waals surface area contributed by atoms with E-state index in [1.165, 1.54) is 0 Å². The first kappa shape index (κ1) is 22.0. The van der Waals surface area contributed by atoms with Crippen molar-refractivity contribution in [2.45, 2.75) is 36.0 Å². The molecule has 0 aromatic rings. The van der Waals surface area contributed by atoms with Crippen LogP contribution in [0.5, 0.6) is 0 Å². The Hall–Kier alpha value is -1.02. The van der Waals surface area contributed by atoms with Gasteiger partial charge in [0.05, 0.1) is 0 Å². The highest BCUT2D eigenvalue weighted by atomic mass is 19.4. The lowest BCUT2D eigenvalue weighted by Gasteiger charge is -2.33. The van der Waals surface area contributed by atoms with Gasteiger partial charge in [0, 0.05) is 0 Å². The summed E-state index contributed by atoms with van der Waals surface area (Å²) in [5.74, 6) is -26.7. The molecule has 1 nitrogen and oxygen atoms in total. The van der Waals surface area contributed by atoms with Crippen molar-refractivity contribution in [1.82, 2.24) is 0 Å². The quantitative estimate of drug-likeness (QED) is 0.607. The Labute approximate surface area is 117 Å². The second-order valence-corrected chi connectivity index (χ2v) is 4.05. The molecule has 0 bridgehead atoms. The van der Waals surface area contributed by atoms with Gasteiger partial charge >= 0.3 is 36.0 Å². The van der Waals surface area contributed by atoms with Gasteiger partial charge in [-0.05, 0) is 0 Å². The zero-order valence-electron chi connectivity index (χ0n) is 10.1. The molecule has 140 valence electrons. The largest absolute Gasteiger partial charge is 0.460 e. The fourth-order valence-electron chi connectivity index (χ4n) is 0.888. The van der Waals surface area contributed by atoms with Crippen LogP contribution in [0.2, 0.25) is 0 Å². The summed E-state index contributed by atoms with van der Waals surface area (Å²) in [5, 5.41) is 0. The molecule has 0 saturated carbocycles. The molecule has 0 aliphatic carbocycles. The molecule has 23 heavy (non-hydrogen) atoms. The lowest BCUT2D eigenvalue weighted by Crippen LogP contribution is -2.62. The Kier molecular flexibility index (Phi) is 5.55. The van der Waals surface area contributed by atoms with Crippen LogP contribution in [0.15, 0.2) is 0 Å². The van der Waals surface area contributed by atoms with Crippen LogP contribution in [0.4, 0.5) is 61.5 Å². The van der Waals surface area contributed by atoms with E-state index in [1.807, 2.05) is 0 Å². The standard InChI is InChI=1S/C8H4F14O/c9-3(10,1-23-2-4(11,12)7(17,18)19)5(13,14)6(15,16)8(20,21)22/h1-2H2. The van der Waals surface area contributed by atoms with Crippen molar-refractivity contribution >= 4 is 0 Å². The highest BCUT2D eigenvalue weighted by Crippen LogP contribution is 2.53. The molecule has 0 saturated heterocycles. The fourth-order valence-corrected chi connectivity index (χ4v) is 0.888. The van der Waals surface area contributed by atoms with Gasteiger partial charge in [-0.2, -0.15) is 61.5 Å². The van der Waals surface area contributed by atoms with Crippen LogP contribution in [0, 0.1) is 0 Å². The van der Waals surface area contributed by atoms with E-state index in [0.717, 1.165) is 0 Å². The van der Waals surface area contributed by atoms with E-state index >= 15 is 0 Å². The minimum Gasteiger partial charge on any atom is -0.368 e. The summed E-state index contributed by atoms with van der Waals surface area (Å²) < 4.78 is 172. The number of ether oxygens (including phenoxy) is 1. The third-order valence-corrected chi connectivity index (χ3v) is 2.19. The van der Waals surface area contributed by atoms with Crippen molar-refractivity contribution in [3.05, 3.63) is 0 Å². The minimum absolute atomic E-state index is 2.88. The second kappa shape index (κ2) is 5.81. The van der Waals surface area contributed by atoms with Crippen molar-refractivity contribution in [1.29, 1.82) is 0 Å². The first-order valence-corrected chi connectivity index (χ1v) is 4.93. The van der Waals surface area contributed by atoms with Crippen molar-refractivity contribution in [2.75, 3.05) is 13.2 Å². The zero-order chi connectivity index (χ0) is 19.1. The highest BCUT2D eigenvalue weighted by molar-refractivity contribution is 5.00. The third kappa shape index (κ3) is 4.09. The molecule has 0 fully saturated rings. The van der Waals surface area contributed by atoms with Gasteiger partial charge in [0.1, 0.15) is 13.2 Å². The molecule has 0 aromatic heterocycles. The molecule has 0 N–H and O–H groups in total. The molecular formula is C8H4F14O. The molecule has 0 heterocycles. The Bertz CT molecular complexity index is 404. The summed E-state index contributed by atoms with van der Waals surface area (Å²) in [6.07, 6.45) is -13.5. The van der Waals surface area contributed by atoms with Gasteiger partial charge in [0.25, 0.3) is 0 Å². The Morgan fingerprint density at radius 3 is 1.09 bits per heavy atom. The van der Waals surface area contributed by atoms with Gasteiger partial charge in [-0.3, -0.25) is 0 Å². The predicted molar refractivity (Wildman–Crippen MR) is 42.7 cm³/mol. The molecule has 0 aliphatic rings. The molecule has 0 rings (SSSR count). The molecule has 0 aromatic carbocycles. The lowest BCUT2D eigenvalue weighted by molar-refractivity contribution is -0.401. The topological polar surface area (TPSA) is 9.23 Å². The summed E-state index contributed by atoms with van der Waals surface area (Å²) in [4.78, 5) is 0. The Morgan fingerprint density at radius 2 is 0.783 bits per heavy atom. The SMILES string of the molecule is FC(F)(F)C(F)(F)COCC(F)(F)C(F)(F)C(F)(F)C(F)(F)F. The number of rotatable bonds is 6. The molecule has 0 aliphatic heterocycles. The van der Waals surface area contributed by atoms with Crippen molar-refractivity contribution < 1.29 is 66.2 Å². The maximum absolute atomic E-state index is 12.7. The normalized spacial score (nSPS) is 15.9. The first-order chi connectivity index (χ1) is 9.71. The maximum atomic E-state index is 12.7. The average Bonchev–Trinajstić information content (AvgIpc) is 2.24. The fraction of sp³-hybridized carbons (Fsp3) is 1.00. The van der Waals surface area contributed by atoms with Gasteiger partial charge in [0.2, 0.25) is 0 Å². The number of hydrogen-bond acceptors (Lipinski definition) is 1. The van der Waals surface area contributed by atoms with Crippen LogP contribution in [0.3, 0.4) is 0 Å². The monoisotopic (exact) mass is 382 g/mol. The van der Waals surface area contributed by atoms with Crippen LogP contribution < -0.4 is 0 Å². The van der Waals surface area contributed by atoms with Crippen LogP contribution in [0.25, 0.3) is 0 Å². The van der Waals surface area contributed by atoms with Crippen LogP contribution in [-0.4, -0.2) is 49.3 Å². The van der Waals surface area contributed by atoms with E-state index in [4.69, 9.17) is 0 Å². The summed E-state index contributed by atoms with van der Waals surface area (Å²) in [6, 6.07) is 0. The van der Waals surface area contributed by atoms with Crippen LogP contribution in [-0.2, 0) is 4.74 Å². The van der Waals surface area contributed by atoms with Gasteiger partial charge in [-0.25, -0.2) is 0 Å². The second-order valence-electron chi connectivity index (χ2n) is 4.05. The van der Waals surface area contributed by atoms with E-state index in [-0.39, 0.29) is 0 Å². The van der Waals surface area contributed by atoms with Crippen molar-refractivity contribution in [3.63, 3.8) is 0 Å². The van der Waals surface area contributed by atoms with Crippen molar-refractivity contribution in [3.8, 4) is 0 Å². The molecule has 0 spiro atoms. The number of hydrogen-bond donors (Lipinski definition) is 0. The summed E-state index contributed by atoms with van der Waals surface area (Å²) in [6.45, 7) is -6.23. The zero-order valence-corrected chi connectivity index (χ0v) is 10.1. The molecule has 15 heteroatoms. The number of halogens is 14. The summed E-state index contributed by atoms with van der Waals surface area (Å²) >= 11 is 0. The van der Waals surface area contributed by atoms with Crippen LogP contribution >= 0.6 is 0 Å². The summed E-state index contributed by atoms with van der Waals surface area (Å²) in [5.41, 5.74) is 0. The third-order valence-electron chi connectivity index (χ3n) is 2.19. The van der Waals surface area contributed by atoms with Crippen molar-refractivity contribution in [2.24, 2.45) is 0 Å². The van der Waals surface area contributed by atoms with E-state index in [0.29, 0.717) is 0 Å². The smallest absolute Gasteiger partial charge is 0.368 e. The molecular weight excluding hydrogens is 378 g/mol. The Balaban J connectivity index is 5.15. The van der Waals surface area contributed by atoms with Crippen LogP contribution in [0.1, 0.15) is 0 Å². The van der Waals surface area contributed by atoms with Gasteiger partial charge in [-0.15, -0.1) is 0 Å². The summed E-state index contributed by atoms with van der Waals surface area (Å²) in [7, 11) is 0. The van der Waals surface area contributed by atoms with E-state index in [1.54, 1.807) is 0 Å². The Morgan fingerprint density at radius 1 is 0.435 bits per heavy atom. The average molecular weight is 382 g/mol. The molecule has 0 amide bonds. The predicted octanol–water partition coefficient (Wildman–Crippen LogP) is 4.67.